The van der Waals surface area contributed by atoms with Crippen LogP contribution >= 0.6 is 23.5 Å². The fourth-order valence-corrected chi connectivity index (χ4v) is 3.87. The third-order valence-corrected chi connectivity index (χ3v) is 5.12. The average molecular weight is 203 g/mol. The van der Waals surface area contributed by atoms with Crippen LogP contribution in [0.3, 0.4) is 0 Å². The Morgan fingerprint density at radius 3 is 2.50 bits per heavy atom. The number of rotatable bonds is 3. The Labute approximate surface area is 83.8 Å². The Bertz CT molecular complexity index is 168. The molecule has 0 bridgehead atoms. The van der Waals surface area contributed by atoms with Gasteiger partial charge in [-0.15, -0.1) is 11.8 Å². The van der Waals surface area contributed by atoms with E-state index in [4.69, 9.17) is 0 Å². The summed E-state index contributed by atoms with van der Waals surface area (Å²) < 4.78 is 0.752. The quantitative estimate of drug-likeness (QED) is 0.692. The highest BCUT2D eigenvalue weighted by Gasteiger charge is 2.21. The van der Waals surface area contributed by atoms with Crippen LogP contribution in [0.1, 0.15) is 40.0 Å². The van der Waals surface area contributed by atoms with E-state index in [1.807, 2.05) is 23.5 Å². The van der Waals surface area contributed by atoms with Crippen molar-refractivity contribution in [2.75, 3.05) is 0 Å². The first-order valence-electron chi connectivity index (χ1n) is 4.68. The van der Waals surface area contributed by atoms with Crippen LogP contribution < -0.4 is 0 Å². The van der Waals surface area contributed by atoms with Crippen molar-refractivity contribution in [3.63, 3.8) is 0 Å². The van der Waals surface area contributed by atoms with Gasteiger partial charge >= 0.3 is 0 Å². The zero-order valence-electron chi connectivity index (χ0n) is 8.04. The van der Waals surface area contributed by atoms with E-state index in [-0.39, 0.29) is 0 Å². The summed E-state index contributed by atoms with van der Waals surface area (Å²) in [5, 5.41) is 1.89. The van der Waals surface area contributed by atoms with Crippen molar-refractivity contribution >= 4 is 28.6 Å². The van der Waals surface area contributed by atoms with Crippen LogP contribution in [0.25, 0.3) is 0 Å². The topological polar surface area (TPSA) is 12.4 Å². The molecule has 1 nitrogen and oxygen atoms in total. The molecule has 12 heavy (non-hydrogen) atoms. The third kappa shape index (κ3) is 2.70. The van der Waals surface area contributed by atoms with E-state index >= 15 is 0 Å². The molecule has 0 spiro atoms. The van der Waals surface area contributed by atoms with Gasteiger partial charge in [0, 0.05) is 0 Å². The van der Waals surface area contributed by atoms with Crippen molar-refractivity contribution in [3.05, 3.63) is 0 Å². The number of hydrogen-bond acceptors (Lipinski definition) is 3. The summed E-state index contributed by atoms with van der Waals surface area (Å²) in [6.07, 6.45) is 3.54. The van der Waals surface area contributed by atoms with Gasteiger partial charge in [0.05, 0.1) is 15.0 Å². The molecule has 0 unspecified atom stereocenters. The first kappa shape index (κ1) is 10.5. The summed E-state index contributed by atoms with van der Waals surface area (Å²) in [6.45, 7) is 6.68. The van der Waals surface area contributed by atoms with Gasteiger partial charge in [0.2, 0.25) is 0 Å². The Hall–Kier alpha value is 0.370. The van der Waals surface area contributed by atoms with E-state index in [0.717, 1.165) is 11.0 Å². The minimum absolute atomic E-state index is 0.533. The molecule has 2 atom stereocenters. The normalized spacial score (nSPS) is 30.1. The fourth-order valence-electron chi connectivity index (χ4n) is 1.12. The molecule has 0 saturated carbocycles. The molecule has 3 heteroatoms. The molecule has 1 aliphatic heterocycles. The predicted octanol–water partition coefficient (Wildman–Crippen LogP) is 3.75. The van der Waals surface area contributed by atoms with Crippen LogP contribution in [0.5, 0.6) is 0 Å². The van der Waals surface area contributed by atoms with Gasteiger partial charge in [-0.2, -0.15) is 0 Å². The second-order valence-corrected chi connectivity index (χ2v) is 5.79. The predicted molar refractivity (Wildman–Crippen MR) is 61.1 cm³/mol. The number of aliphatic imine (C=N–C) groups is 1. The first-order chi connectivity index (χ1) is 5.80. The van der Waals surface area contributed by atoms with Crippen LogP contribution in [0.15, 0.2) is 4.99 Å². The Balaban J connectivity index is 2.57. The monoisotopic (exact) mass is 203 g/mol. The molecule has 0 aromatic rings. The van der Waals surface area contributed by atoms with Crippen molar-refractivity contribution in [3.8, 4) is 0 Å². The lowest BCUT2D eigenvalue weighted by atomic mass is 10.4. The molecular formula is C9H17NS2. The zero-order chi connectivity index (χ0) is 8.97. The summed E-state index contributed by atoms with van der Waals surface area (Å²) in [5.41, 5.74) is 0. The lowest BCUT2D eigenvalue weighted by Crippen LogP contribution is -2.14. The highest BCUT2D eigenvalue weighted by Crippen LogP contribution is 2.38. The zero-order valence-corrected chi connectivity index (χ0v) is 9.67. The molecule has 70 valence electrons. The smallest absolute Gasteiger partial charge is 0.0969 e. The SMILES string of the molecule is CCC1=N[C@@H](CC)S[C@@H](CC)S1. The summed E-state index contributed by atoms with van der Waals surface area (Å²) in [5.74, 6) is 0. The van der Waals surface area contributed by atoms with Crippen LogP contribution in [-0.4, -0.2) is 15.0 Å². The maximum Gasteiger partial charge on any atom is 0.0969 e. The van der Waals surface area contributed by atoms with E-state index in [2.05, 4.69) is 25.8 Å². The van der Waals surface area contributed by atoms with Gasteiger partial charge in [-0.05, 0) is 19.3 Å². The van der Waals surface area contributed by atoms with Crippen LogP contribution in [0.4, 0.5) is 0 Å². The maximum absolute atomic E-state index is 4.66. The van der Waals surface area contributed by atoms with Crippen molar-refractivity contribution < 1.29 is 0 Å². The molecule has 1 heterocycles. The summed E-state index contributed by atoms with van der Waals surface area (Å²) in [6, 6.07) is 0. The Kier molecular flexibility index (Phi) is 4.51. The molecule has 0 aliphatic carbocycles. The van der Waals surface area contributed by atoms with Crippen molar-refractivity contribution in [2.24, 2.45) is 4.99 Å². The highest BCUT2D eigenvalue weighted by atomic mass is 32.2. The molecule has 0 saturated heterocycles. The molecule has 0 aromatic carbocycles. The van der Waals surface area contributed by atoms with Gasteiger partial charge in [-0.1, -0.05) is 32.5 Å². The summed E-state index contributed by atoms with van der Waals surface area (Å²) in [7, 11) is 0. The van der Waals surface area contributed by atoms with E-state index in [1.54, 1.807) is 0 Å². The van der Waals surface area contributed by atoms with Crippen molar-refractivity contribution in [1.29, 1.82) is 0 Å². The van der Waals surface area contributed by atoms with Gasteiger partial charge in [0.25, 0.3) is 0 Å². The van der Waals surface area contributed by atoms with E-state index in [1.165, 1.54) is 17.9 Å². The lowest BCUT2D eigenvalue weighted by Gasteiger charge is -2.24. The standard InChI is InChI=1S/C9H17NS2/c1-4-7-10-8(5-2)12-9(6-3)11-7/h7,9H,4-6H2,1-3H3/t7-,9-/m1/s1. The maximum atomic E-state index is 4.66. The van der Waals surface area contributed by atoms with Crippen LogP contribution in [0.2, 0.25) is 0 Å². The second kappa shape index (κ2) is 5.18. The lowest BCUT2D eigenvalue weighted by molar-refractivity contribution is 0.859. The first-order valence-corrected chi connectivity index (χ1v) is 6.51. The highest BCUT2D eigenvalue weighted by molar-refractivity contribution is 8.25. The molecular weight excluding hydrogens is 186 g/mol. The van der Waals surface area contributed by atoms with E-state index in [0.29, 0.717) is 5.37 Å². The second-order valence-electron chi connectivity index (χ2n) is 2.83. The van der Waals surface area contributed by atoms with E-state index in [9.17, 15) is 0 Å². The molecule has 0 amide bonds. The largest absolute Gasteiger partial charge is 0.269 e. The third-order valence-electron chi connectivity index (χ3n) is 1.85. The molecule has 0 radical (unpaired) electrons. The molecule has 1 aliphatic rings. The van der Waals surface area contributed by atoms with Gasteiger partial charge in [0.15, 0.2) is 0 Å². The summed E-state index contributed by atoms with van der Waals surface area (Å²) >= 11 is 3.99. The Morgan fingerprint density at radius 1 is 1.25 bits per heavy atom. The van der Waals surface area contributed by atoms with Gasteiger partial charge in [0.1, 0.15) is 0 Å². The number of thioether (sulfide) groups is 2. The molecule has 0 aromatic heterocycles. The minimum Gasteiger partial charge on any atom is -0.269 e. The number of nitrogens with zero attached hydrogens (tertiary/aromatic N) is 1. The molecule has 1 rings (SSSR count). The van der Waals surface area contributed by atoms with Gasteiger partial charge < -0.3 is 0 Å². The number of hydrogen-bond donors (Lipinski definition) is 0. The van der Waals surface area contributed by atoms with Gasteiger partial charge in [-0.3, -0.25) is 4.99 Å². The van der Waals surface area contributed by atoms with Crippen molar-refractivity contribution in [2.45, 2.75) is 50.0 Å². The van der Waals surface area contributed by atoms with Crippen LogP contribution in [-0.2, 0) is 0 Å². The molecule has 0 fully saturated rings. The molecule has 0 N–H and O–H groups in total. The average Bonchev–Trinajstić information content (AvgIpc) is 2.16. The van der Waals surface area contributed by atoms with Gasteiger partial charge in [-0.25, -0.2) is 0 Å². The Morgan fingerprint density at radius 2 is 2.00 bits per heavy atom. The van der Waals surface area contributed by atoms with E-state index < -0.39 is 0 Å². The van der Waals surface area contributed by atoms with Crippen LogP contribution in [0, 0.1) is 0 Å². The van der Waals surface area contributed by atoms with Crippen molar-refractivity contribution in [1.82, 2.24) is 0 Å². The summed E-state index contributed by atoms with van der Waals surface area (Å²) in [4.78, 5) is 4.66. The fraction of sp³-hybridized carbons (Fsp3) is 0.889. The minimum atomic E-state index is 0.533.